The molecule has 0 aromatic carbocycles. The van der Waals surface area contributed by atoms with Crippen molar-refractivity contribution in [2.75, 3.05) is 0 Å². The average Bonchev–Trinajstić information content (AvgIpc) is 2.33. The van der Waals surface area contributed by atoms with E-state index < -0.39 is 0 Å². The smallest absolute Gasteiger partial charge is 0.272 e. The van der Waals surface area contributed by atoms with Crippen molar-refractivity contribution in [3.8, 4) is 0 Å². The minimum absolute atomic E-state index is 0.194. The molecule has 1 aromatic rings. The highest BCUT2D eigenvalue weighted by Crippen LogP contribution is 2.17. The maximum Gasteiger partial charge on any atom is 0.272 e. The van der Waals surface area contributed by atoms with Gasteiger partial charge in [0, 0.05) is 12.1 Å². The molecule has 3 N–H and O–H groups in total. The number of hydrogen-bond acceptors (Lipinski definition) is 4. The van der Waals surface area contributed by atoms with Crippen LogP contribution in [0.4, 0.5) is 0 Å². The Bertz CT molecular complexity index is 387. The second-order valence-electron chi connectivity index (χ2n) is 4.33. The SMILES string of the molecule is NC1CCC(NC(=O)c2ccc(Cl)nn2)CC1. The number of nitrogens with two attached hydrogens (primary N) is 1. The summed E-state index contributed by atoms with van der Waals surface area (Å²) in [6.07, 6.45) is 3.76. The Kier molecular flexibility index (Phi) is 3.91. The van der Waals surface area contributed by atoms with E-state index in [0.717, 1.165) is 25.7 Å². The van der Waals surface area contributed by atoms with Gasteiger partial charge in [0.15, 0.2) is 10.8 Å². The van der Waals surface area contributed by atoms with E-state index in [2.05, 4.69) is 15.5 Å². The molecule has 0 atom stereocenters. The Hall–Kier alpha value is -1.20. The molecule has 0 unspecified atom stereocenters. The summed E-state index contributed by atoms with van der Waals surface area (Å²) in [5.41, 5.74) is 6.10. The maximum absolute atomic E-state index is 11.8. The molecule has 5 nitrogen and oxygen atoms in total. The van der Waals surface area contributed by atoms with Gasteiger partial charge in [-0.25, -0.2) is 0 Å². The zero-order valence-corrected chi connectivity index (χ0v) is 10.2. The number of hydrogen-bond donors (Lipinski definition) is 2. The number of rotatable bonds is 2. The van der Waals surface area contributed by atoms with Crippen molar-refractivity contribution in [3.63, 3.8) is 0 Å². The number of carbonyl (C=O) groups excluding carboxylic acids is 1. The summed E-state index contributed by atoms with van der Waals surface area (Å²) >= 11 is 5.61. The number of halogens is 1. The molecule has 1 heterocycles. The highest BCUT2D eigenvalue weighted by atomic mass is 35.5. The van der Waals surface area contributed by atoms with E-state index >= 15 is 0 Å². The van der Waals surface area contributed by atoms with E-state index in [-0.39, 0.29) is 23.1 Å². The second-order valence-corrected chi connectivity index (χ2v) is 4.71. The van der Waals surface area contributed by atoms with Crippen LogP contribution in [-0.2, 0) is 0 Å². The van der Waals surface area contributed by atoms with Gasteiger partial charge in [-0.05, 0) is 37.8 Å². The van der Waals surface area contributed by atoms with Gasteiger partial charge >= 0.3 is 0 Å². The van der Waals surface area contributed by atoms with Gasteiger partial charge in [0.1, 0.15) is 0 Å². The normalized spacial score (nSPS) is 24.4. The minimum Gasteiger partial charge on any atom is -0.348 e. The number of amides is 1. The molecule has 0 radical (unpaired) electrons. The summed E-state index contributed by atoms with van der Waals surface area (Å²) in [5.74, 6) is -0.199. The molecule has 1 amide bonds. The number of nitrogens with zero attached hydrogens (tertiary/aromatic N) is 2. The summed E-state index contributed by atoms with van der Waals surface area (Å²) in [4.78, 5) is 11.8. The monoisotopic (exact) mass is 254 g/mol. The third-order valence-electron chi connectivity index (χ3n) is 2.97. The molecule has 2 rings (SSSR count). The van der Waals surface area contributed by atoms with Crippen molar-refractivity contribution in [1.82, 2.24) is 15.5 Å². The Morgan fingerprint density at radius 2 is 2.00 bits per heavy atom. The Morgan fingerprint density at radius 3 is 2.59 bits per heavy atom. The van der Waals surface area contributed by atoms with Gasteiger partial charge in [0.2, 0.25) is 0 Å². The molecule has 1 aliphatic rings. The molecule has 1 aliphatic carbocycles. The Labute approximate surface area is 105 Å². The van der Waals surface area contributed by atoms with E-state index in [1.54, 1.807) is 12.1 Å². The van der Waals surface area contributed by atoms with Crippen molar-refractivity contribution >= 4 is 17.5 Å². The van der Waals surface area contributed by atoms with Crippen LogP contribution in [0, 0.1) is 0 Å². The predicted octanol–water partition coefficient (Wildman–Crippen LogP) is 1.13. The van der Waals surface area contributed by atoms with Crippen LogP contribution in [0.5, 0.6) is 0 Å². The first-order chi connectivity index (χ1) is 8.15. The lowest BCUT2D eigenvalue weighted by Gasteiger charge is -2.26. The molecular formula is C11H15ClN4O. The van der Waals surface area contributed by atoms with Crippen LogP contribution in [0.15, 0.2) is 12.1 Å². The van der Waals surface area contributed by atoms with Gasteiger partial charge in [0.05, 0.1) is 0 Å². The molecule has 1 saturated carbocycles. The topological polar surface area (TPSA) is 80.9 Å². The highest BCUT2D eigenvalue weighted by molar-refractivity contribution is 6.29. The van der Waals surface area contributed by atoms with Crippen LogP contribution >= 0.6 is 11.6 Å². The van der Waals surface area contributed by atoms with E-state index in [4.69, 9.17) is 17.3 Å². The van der Waals surface area contributed by atoms with Crippen LogP contribution in [0.3, 0.4) is 0 Å². The first kappa shape index (κ1) is 12.3. The number of carbonyl (C=O) groups is 1. The zero-order valence-electron chi connectivity index (χ0n) is 9.40. The lowest BCUT2D eigenvalue weighted by Crippen LogP contribution is -2.40. The molecule has 0 aliphatic heterocycles. The third kappa shape index (κ3) is 3.38. The number of nitrogens with one attached hydrogen (secondary N) is 1. The summed E-state index contributed by atoms with van der Waals surface area (Å²) in [7, 11) is 0. The molecular weight excluding hydrogens is 240 g/mol. The maximum atomic E-state index is 11.8. The van der Waals surface area contributed by atoms with Crippen molar-refractivity contribution in [2.24, 2.45) is 5.73 Å². The summed E-state index contributed by atoms with van der Waals surface area (Å²) in [6, 6.07) is 3.60. The minimum atomic E-state index is -0.199. The van der Waals surface area contributed by atoms with Gasteiger partial charge in [-0.2, -0.15) is 0 Å². The van der Waals surface area contributed by atoms with E-state index in [1.165, 1.54) is 0 Å². The van der Waals surface area contributed by atoms with Crippen molar-refractivity contribution in [3.05, 3.63) is 23.0 Å². The van der Waals surface area contributed by atoms with Crippen LogP contribution in [0.2, 0.25) is 5.15 Å². The van der Waals surface area contributed by atoms with E-state index in [1.807, 2.05) is 0 Å². The Morgan fingerprint density at radius 1 is 1.29 bits per heavy atom. The zero-order chi connectivity index (χ0) is 12.3. The number of aromatic nitrogens is 2. The average molecular weight is 255 g/mol. The molecule has 92 valence electrons. The molecule has 1 aromatic heterocycles. The predicted molar refractivity (Wildman–Crippen MR) is 64.7 cm³/mol. The van der Waals surface area contributed by atoms with Crippen molar-refractivity contribution in [1.29, 1.82) is 0 Å². The van der Waals surface area contributed by atoms with E-state index in [9.17, 15) is 4.79 Å². The van der Waals surface area contributed by atoms with Crippen LogP contribution < -0.4 is 11.1 Å². The fraction of sp³-hybridized carbons (Fsp3) is 0.545. The van der Waals surface area contributed by atoms with Crippen molar-refractivity contribution in [2.45, 2.75) is 37.8 Å². The van der Waals surface area contributed by atoms with Crippen LogP contribution in [0.1, 0.15) is 36.2 Å². The molecule has 0 bridgehead atoms. The van der Waals surface area contributed by atoms with Crippen LogP contribution in [-0.4, -0.2) is 28.2 Å². The van der Waals surface area contributed by atoms with Gasteiger partial charge < -0.3 is 11.1 Å². The quantitative estimate of drug-likeness (QED) is 0.829. The Balaban J connectivity index is 1.91. The van der Waals surface area contributed by atoms with Crippen LogP contribution in [0.25, 0.3) is 0 Å². The summed E-state index contributed by atoms with van der Waals surface area (Å²) < 4.78 is 0. The second kappa shape index (κ2) is 5.42. The van der Waals surface area contributed by atoms with Gasteiger partial charge in [-0.1, -0.05) is 11.6 Å². The summed E-state index contributed by atoms with van der Waals surface area (Å²) in [6.45, 7) is 0. The largest absolute Gasteiger partial charge is 0.348 e. The highest BCUT2D eigenvalue weighted by Gasteiger charge is 2.21. The molecule has 0 spiro atoms. The first-order valence-electron chi connectivity index (χ1n) is 5.71. The van der Waals surface area contributed by atoms with E-state index in [0.29, 0.717) is 5.69 Å². The fourth-order valence-corrected chi connectivity index (χ4v) is 2.06. The third-order valence-corrected chi connectivity index (χ3v) is 3.17. The summed E-state index contributed by atoms with van der Waals surface area (Å²) in [5, 5.41) is 10.6. The molecule has 17 heavy (non-hydrogen) atoms. The fourth-order valence-electron chi connectivity index (χ4n) is 1.96. The molecule has 1 fully saturated rings. The van der Waals surface area contributed by atoms with Crippen molar-refractivity contribution < 1.29 is 4.79 Å². The first-order valence-corrected chi connectivity index (χ1v) is 6.08. The van der Waals surface area contributed by atoms with Gasteiger partial charge in [-0.3, -0.25) is 4.79 Å². The van der Waals surface area contributed by atoms with Gasteiger partial charge in [0.25, 0.3) is 5.91 Å². The van der Waals surface area contributed by atoms with Gasteiger partial charge in [-0.15, -0.1) is 10.2 Å². The molecule has 6 heteroatoms. The lowest BCUT2D eigenvalue weighted by atomic mass is 9.92. The lowest BCUT2D eigenvalue weighted by molar-refractivity contribution is 0.0919. The molecule has 0 saturated heterocycles. The standard InChI is InChI=1S/C11H15ClN4O/c12-10-6-5-9(15-16-10)11(17)14-8-3-1-7(13)2-4-8/h5-8H,1-4,13H2,(H,14,17).